The third-order valence-electron chi connectivity index (χ3n) is 3.62. The van der Waals surface area contributed by atoms with Crippen LogP contribution in [0.5, 0.6) is 0 Å². The zero-order valence-corrected chi connectivity index (χ0v) is 14.2. The molecule has 3 nitrogen and oxygen atoms in total. The number of ketones is 2. The van der Waals surface area contributed by atoms with E-state index in [1.54, 1.807) is 11.3 Å². The fourth-order valence-corrected chi connectivity index (χ4v) is 3.57. The first kappa shape index (κ1) is 15.8. The molecule has 1 aliphatic rings. The average Bonchev–Trinajstić information content (AvgIpc) is 3.14. The van der Waals surface area contributed by atoms with Gasteiger partial charge in [-0.15, -0.1) is 11.3 Å². The molecule has 116 valence electrons. The molecule has 1 aromatic carbocycles. The van der Waals surface area contributed by atoms with Crippen LogP contribution in [0.2, 0.25) is 0 Å². The van der Waals surface area contributed by atoms with Crippen molar-refractivity contribution in [3.63, 3.8) is 0 Å². The Bertz CT molecular complexity index is 816. The fourth-order valence-electron chi connectivity index (χ4n) is 2.37. The minimum Gasteiger partial charge on any atom is -0.347 e. The summed E-state index contributed by atoms with van der Waals surface area (Å²) < 4.78 is 0. The van der Waals surface area contributed by atoms with Crippen LogP contribution in [0.25, 0.3) is 16.5 Å². The van der Waals surface area contributed by atoms with Gasteiger partial charge in [0.1, 0.15) is 0 Å². The van der Waals surface area contributed by atoms with Gasteiger partial charge in [-0.2, -0.15) is 0 Å². The lowest BCUT2D eigenvalue weighted by Crippen LogP contribution is -2.10. The molecule has 0 spiro atoms. The largest absolute Gasteiger partial charge is 0.347 e. The molecule has 0 amide bonds. The van der Waals surface area contributed by atoms with Gasteiger partial charge in [-0.1, -0.05) is 43.4 Å². The van der Waals surface area contributed by atoms with Crippen LogP contribution in [0.4, 0.5) is 0 Å². The maximum Gasteiger partial charge on any atom is 0.185 e. The second-order valence-corrected chi connectivity index (χ2v) is 6.87. The van der Waals surface area contributed by atoms with Crippen molar-refractivity contribution in [3.8, 4) is 10.4 Å². The van der Waals surface area contributed by atoms with E-state index in [1.165, 1.54) is 0 Å². The molecule has 1 fully saturated rings. The van der Waals surface area contributed by atoms with Crippen molar-refractivity contribution in [1.82, 2.24) is 5.32 Å². The highest BCUT2D eigenvalue weighted by molar-refractivity contribution is 7.80. The minimum atomic E-state index is 0.0346. The summed E-state index contributed by atoms with van der Waals surface area (Å²) in [6, 6.07) is 11.6. The van der Waals surface area contributed by atoms with E-state index in [1.807, 2.05) is 49.4 Å². The van der Waals surface area contributed by atoms with Crippen molar-refractivity contribution in [2.24, 2.45) is 0 Å². The maximum absolute atomic E-state index is 11.8. The molecule has 0 saturated carbocycles. The van der Waals surface area contributed by atoms with Crippen LogP contribution in [0.1, 0.15) is 35.0 Å². The summed E-state index contributed by atoms with van der Waals surface area (Å²) in [6.45, 7) is 1.86. The first-order valence-corrected chi connectivity index (χ1v) is 8.57. The topological polar surface area (TPSA) is 46.2 Å². The highest BCUT2D eigenvalue weighted by Crippen LogP contribution is 2.30. The normalized spacial score (nSPS) is 16.0. The summed E-state index contributed by atoms with van der Waals surface area (Å²) in [5.74, 6) is 0.183. The van der Waals surface area contributed by atoms with E-state index in [0.29, 0.717) is 23.5 Å². The molecule has 0 bridgehead atoms. The van der Waals surface area contributed by atoms with Crippen molar-refractivity contribution < 1.29 is 9.59 Å². The Morgan fingerprint density at radius 1 is 1.26 bits per heavy atom. The summed E-state index contributed by atoms with van der Waals surface area (Å²) in [7, 11) is 0. The first-order valence-electron chi connectivity index (χ1n) is 7.35. The maximum atomic E-state index is 11.8. The molecule has 1 N–H and O–H groups in total. The molecular formula is C18H15NO2S2. The number of carbonyl (C=O) groups excluding carboxylic acids is 2. The van der Waals surface area contributed by atoms with E-state index in [0.717, 1.165) is 20.9 Å². The van der Waals surface area contributed by atoms with Gasteiger partial charge >= 0.3 is 0 Å². The Kier molecular flexibility index (Phi) is 4.50. The van der Waals surface area contributed by atoms with Gasteiger partial charge in [-0.25, -0.2) is 0 Å². The zero-order valence-electron chi connectivity index (χ0n) is 12.6. The number of hydrogen-bond acceptors (Lipinski definition) is 4. The minimum absolute atomic E-state index is 0.0346. The van der Waals surface area contributed by atoms with Crippen LogP contribution in [-0.4, -0.2) is 16.6 Å². The van der Waals surface area contributed by atoms with E-state index in [9.17, 15) is 9.59 Å². The summed E-state index contributed by atoms with van der Waals surface area (Å²) >= 11 is 6.62. The van der Waals surface area contributed by atoms with Crippen molar-refractivity contribution in [1.29, 1.82) is 0 Å². The smallest absolute Gasteiger partial charge is 0.185 e. The zero-order chi connectivity index (χ0) is 16.4. The van der Waals surface area contributed by atoms with Gasteiger partial charge < -0.3 is 5.32 Å². The average molecular weight is 341 g/mol. The van der Waals surface area contributed by atoms with E-state index in [2.05, 4.69) is 5.32 Å². The molecule has 1 aliphatic heterocycles. The van der Waals surface area contributed by atoms with Crippen LogP contribution < -0.4 is 5.32 Å². The summed E-state index contributed by atoms with van der Waals surface area (Å²) in [6.07, 6.45) is 2.65. The van der Waals surface area contributed by atoms with Gasteiger partial charge in [0.25, 0.3) is 0 Å². The van der Waals surface area contributed by atoms with Crippen LogP contribution in [0, 0.1) is 0 Å². The highest BCUT2D eigenvalue weighted by Gasteiger charge is 2.21. The third kappa shape index (κ3) is 3.46. The molecular weight excluding hydrogens is 326 g/mol. The van der Waals surface area contributed by atoms with E-state index >= 15 is 0 Å². The Morgan fingerprint density at radius 3 is 2.61 bits per heavy atom. The van der Waals surface area contributed by atoms with Gasteiger partial charge in [0, 0.05) is 21.7 Å². The number of hydrogen-bond donors (Lipinski definition) is 1. The number of benzene rings is 1. The lowest BCUT2D eigenvalue weighted by Gasteiger charge is -2.00. The Balaban J connectivity index is 1.82. The number of allylic oxidation sites excluding steroid dienone is 1. The molecule has 0 atom stereocenters. The molecule has 0 aliphatic carbocycles. The lowest BCUT2D eigenvalue weighted by atomic mass is 10.1. The van der Waals surface area contributed by atoms with Gasteiger partial charge in [-0.05, 0) is 23.8 Å². The monoisotopic (exact) mass is 341 g/mol. The Labute approximate surface area is 144 Å². The molecule has 23 heavy (non-hydrogen) atoms. The van der Waals surface area contributed by atoms with Gasteiger partial charge in [0.05, 0.1) is 17.1 Å². The lowest BCUT2D eigenvalue weighted by molar-refractivity contribution is -0.114. The number of thiophene rings is 1. The van der Waals surface area contributed by atoms with Crippen LogP contribution >= 0.6 is 23.6 Å². The number of rotatable bonds is 4. The first-order chi connectivity index (χ1) is 11.1. The molecule has 2 aromatic rings. The number of nitrogens with one attached hydrogen (secondary N) is 1. The van der Waals surface area contributed by atoms with E-state index in [4.69, 9.17) is 12.2 Å². The molecule has 0 radical (unpaired) electrons. The van der Waals surface area contributed by atoms with E-state index in [-0.39, 0.29) is 11.6 Å². The Hall–Kier alpha value is -2.11. The number of thiocarbonyl (C=S) groups is 1. The predicted octanol–water partition coefficient (Wildman–Crippen LogP) is 4.24. The molecule has 1 saturated heterocycles. The molecule has 3 rings (SSSR count). The number of Topliss-reactive ketones (excluding diaryl/α,β-unsaturated/α-hetero) is 2. The molecule has 5 heteroatoms. The predicted molar refractivity (Wildman–Crippen MR) is 97.7 cm³/mol. The van der Waals surface area contributed by atoms with Gasteiger partial charge in [0.15, 0.2) is 11.6 Å². The van der Waals surface area contributed by atoms with Crippen LogP contribution in [0.3, 0.4) is 0 Å². The number of carbonyl (C=O) groups is 2. The van der Waals surface area contributed by atoms with E-state index < -0.39 is 0 Å². The standard InChI is InChI=1S/C18H15NO2S2/c1-2-15(20)11-3-5-12(6-4-11)17-8-7-13(23-17)9-14-16(21)10-18(22)19-14/h3-9H,2,10H2,1H3,(H,19,22)/b14-9+. The van der Waals surface area contributed by atoms with Crippen LogP contribution in [-0.2, 0) is 4.79 Å². The van der Waals surface area contributed by atoms with Crippen molar-refractivity contribution in [3.05, 3.63) is 52.5 Å². The van der Waals surface area contributed by atoms with Crippen molar-refractivity contribution in [2.45, 2.75) is 19.8 Å². The molecule has 0 unspecified atom stereocenters. The second-order valence-electron chi connectivity index (χ2n) is 5.26. The second kappa shape index (κ2) is 6.56. The summed E-state index contributed by atoms with van der Waals surface area (Å²) in [5, 5.41) is 2.94. The third-order valence-corrected chi connectivity index (χ3v) is 4.95. The van der Waals surface area contributed by atoms with Crippen LogP contribution in [0.15, 0.2) is 42.1 Å². The van der Waals surface area contributed by atoms with Gasteiger partial charge in [-0.3, -0.25) is 9.59 Å². The van der Waals surface area contributed by atoms with Crippen molar-refractivity contribution in [2.75, 3.05) is 0 Å². The van der Waals surface area contributed by atoms with Crippen molar-refractivity contribution >= 4 is 46.2 Å². The summed E-state index contributed by atoms with van der Waals surface area (Å²) in [5.41, 5.74) is 2.37. The molecule has 2 heterocycles. The Morgan fingerprint density at radius 2 is 2.00 bits per heavy atom. The SMILES string of the molecule is CCC(=O)c1ccc(-c2ccc(/C=C3/NC(=S)CC3=O)s2)cc1. The fraction of sp³-hybridized carbons (Fsp3) is 0.167. The van der Waals surface area contributed by atoms with Gasteiger partial charge in [0.2, 0.25) is 0 Å². The molecule has 1 aromatic heterocycles. The summed E-state index contributed by atoms with van der Waals surface area (Å²) in [4.78, 5) is 26.1. The quantitative estimate of drug-likeness (QED) is 0.513. The highest BCUT2D eigenvalue weighted by atomic mass is 32.1.